The summed E-state index contributed by atoms with van der Waals surface area (Å²) in [6.07, 6.45) is 0. The Morgan fingerprint density at radius 2 is 1.40 bits per heavy atom. The summed E-state index contributed by atoms with van der Waals surface area (Å²) in [6.45, 7) is 13.5. The Kier molecular flexibility index (Phi) is 8.04. The van der Waals surface area contributed by atoms with E-state index in [0.717, 1.165) is 11.6 Å². The number of aryl methyl sites for hydroxylation is 1. The van der Waals surface area contributed by atoms with Gasteiger partial charge in [-0.1, -0.05) is 82.9 Å². The Morgan fingerprint density at radius 1 is 0.886 bits per heavy atom. The van der Waals surface area contributed by atoms with Crippen LogP contribution in [0.4, 0.5) is 0 Å². The molecule has 0 amide bonds. The summed E-state index contributed by atoms with van der Waals surface area (Å²) >= 11 is 12.5. The molecule has 0 saturated heterocycles. The third kappa shape index (κ3) is 5.57. The van der Waals surface area contributed by atoms with Crippen molar-refractivity contribution in [2.75, 3.05) is 0 Å². The quantitative estimate of drug-likeness (QED) is 0.304. The fourth-order valence-electron chi connectivity index (χ4n) is 3.92. The minimum atomic E-state index is -4.30. The molecular weight excluding hydrogens is 507 g/mol. The lowest BCUT2D eigenvalue weighted by atomic mass is 9.89. The number of hydrogen-bond donors (Lipinski definition) is 0. The van der Waals surface area contributed by atoms with E-state index < -0.39 is 15.7 Å². The van der Waals surface area contributed by atoms with Crippen molar-refractivity contribution in [3.05, 3.63) is 79.3 Å². The first-order chi connectivity index (χ1) is 16.2. The van der Waals surface area contributed by atoms with Gasteiger partial charge in [0.2, 0.25) is 5.88 Å². The van der Waals surface area contributed by atoms with Crippen LogP contribution in [0, 0.1) is 6.92 Å². The summed E-state index contributed by atoms with van der Waals surface area (Å²) in [6, 6.07) is 9.74. The molecule has 35 heavy (non-hydrogen) atoms. The molecule has 0 aliphatic heterocycles. The van der Waals surface area contributed by atoms with Gasteiger partial charge >= 0.3 is 10.1 Å². The number of para-hydroxylation sites is 1. The maximum absolute atomic E-state index is 13.6. The molecule has 0 radical (unpaired) electrons. The van der Waals surface area contributed by atoms with Crippen molar-refractivity contribution in [2.45, 2.75) is 71.1 Å². The molecule has 0 fully saturated rings. The van der Waals surface area contributed by atoms with Crippen molar-refractivity contribution in [2.24, 2.45) is 0 Å². The van der Waals surface area contributed by atoms with E-state index in [2.05, 4.69) is 18.8 Å². The van der Waals surface area contributed by atoms with Crippen molar-refractivity contribution in [1.29, 1.82) is 0 Å². The summed E-state index contributed by atoms with van der Waals surface area (Å²) in [5.74, 6) is -0.0317. The Bertz CT molecular complexity index is 1380. The SMILES string of the molecule is Cc1nc(OS(=O)(=O)c2c(C(C)C)cc(C(C)C)cc2C(C)C)cc(=O)n1-c1c(Cl)cccc1Cl. The lowest BCUT2D eigenvalue weighted by molar-refractivity contribution is 0.469. The fraction of sp³-hybridized carbons (Fsp3) is 0.385. The highest BCUT2D eigenvalue weighted by Crippen LogP contribution is 2.36. The summed E-state index contributed by atoms with van der Waals surface area (Å²) in [5, 5.41) is 0.526. The summed E-state index contributed by atoms with van der Waals surface area (Å²) in [7, 11) is -4.30. The lowest BCUT2D eigenvalue weighted by Gasteiger charge is -2.22. The summed E-state index contributed by atoms with van der Waals surface area (Å²) in [5.41, 5.74) is 2.11. The highest BCUT2D eigenvalue weighted by atomic mass is 35.5. The molecule has 2 aromatic carbocycles. The molecule has 3 aromatic rings. The second kappa shape index (κ2) is 10.3. The highest BCUT2D eigenvalue weighted by molar-refractivity contribution is 7.87. The second-order valence-corrected chi connectivity index (χ2v) is 11.7. The van der Waals surface area contributed by atoms with Gasteiger partial charge in [0.1, 0.15) is 10.7 Å². The third-order valence-electron chi connectivity index (χ3n) is 5.75. The van der Waals surface area contributed by atoms with Crippen LogP contribution in [0.5, 0.6) is 5.88 Å². The van der Waals surface area contributed by atoms with Crippen molar-refractivity contribution >= 4 is 33.3 Å². The molecule has 0 aliphatic rings. The predicted molar refractivity (Wildman–Crippen MR) is 141 cm³/mol. The van der Waals surface area contributed by atoms with Crippen molar-refractivity contribution in [1.82, 2.24) is 9.55 Å². The average Bonchev–Trinajstić information content (AvgIpc) is 2.73. The van der Waals surface area contributed by atoms with Crippen LogP contribution >= 0.6 is 23.2 Å². The molecule has 0 saturated carbocycles. The zero-order chi connectivity index (χ0) is 26.2. The van der Waals surface area contributed by atoms with Crippen LogP contribution < -0.4 is 9.74 Å². The molecule has 6 nitrogen and oxygen atoms in total. The highest BCUT2D eigenvalue weighted by Gasteiger charge is 2.29. The van der Waals surface area contributed by atoms with Gasteiger partial charge in [-0.15, -0.1) is 0 Å². The molecule has 0 spiro atoms. The van der Waals surface area contributed by atoms with E-state index in [1.165, 1.54) is 4.57 Å². The minimum Gasteiger partial charge on any atom is -0.358 e. The van der Waals surface area contributed by atoms with Crippen LogP contribution in [0.3, 0.4) is 0 Å². The van der Waals surface area contributed by atoms with Crippen LogP contribution in [0.15, 0.2) is 46.1 Å². The lowest BCUT2D eigenvalue weighted by Crippen LogP contribution is -2.24. The first kappa shape index (κ1) is 27.2. The largest absolute Gasteiger partial charge is 0.358 e. The monoisotopic (exact) mass is 536 g/mol. The van der Waals surface area contributed by atoms with Crippen molar-refractivity contribution < 1.29 is 12.6 Å². The Hall–Kier alpha value is -2.35. The normalized spacial score (nSPS) is 12.1. The van der Waals surface area contributed by atoms with Gasteiger partial charge in [-0.05, 0) is 53.5 Å². The molecule has 1 heterocycles. The smallest absolute Gasteiger partial charge is 0.341 e. The first-order valence-corrected chi connectivity index (χ1v) is 13.6. The van der Waals surface area contributed by atoms with Gasteiger partial charge in [-0.25, -0.2) is 0 Å². The summed E-state index contributed by atoms with van der Waals surface area (Å²) in [4.78, 5) is 17.4. The second-order valence-electron chi connectivity index (χ2n) is 9.42. The molecule has 0 unspecified atom stereocenters. The van der Waals surface area contributed by atoms with E-state index >= 15 is 0 Å². The maximum atomic E-state index is 13.6. The zero-order valence-electron chi connectivity index (χ0n) is 20.9. The summed E-state index contributed by atoms with van der Waals surface area (Å²) < 4.78 is 33.9. The number of rotatable bonds is 7. The van der Waals surface area contributed by atoms with Gasteiger partial charge in [-0.3, -0.25) is 9.36 Å². The van der Waals surface area contributed by atoms with E-state index in [9.17, 15) is 13.2 Å². The topological polar surface area (TPSA) is 78.3 Å². The van der Waals surface area contributed by atoms with E-state index in [1.807, 2.05) is 39.8 Å². The number of halogens is 2. The first-order valence-electron chi connectivity index (χ1n) is 11.4. The van der Waals surface area contributed by atoms with Crippen LogP contribution in [-0.2, 0) is 10.1 Å². The number of benzene rings is 2. The fourth-order valence-corrected chi connectivity index (χ4v) is 6.05. The average molecular weight is 538 g/mol. The molecule has 9 heteroatoms. The van der Waals surface area contributed by atoms with Gasteiger partial charge < -0.3 is 4.18 Å². The van der Waals surface area contributed by atoms with Gasteiger partial charge in [0.15, 0.2) is 0 Å². The maximum Gasteiger partial charge on any atom is 0.341 e. The molecule has 0 bridgehead atoms. The standard InChI is InChI=1S/C26H30Cl2N2O4S/c1-14(2)18-11-19(15(3)4)26(20(12-18)16(5)6)35(32,33)34-23-13-24(31)30(17(7)29-23)25-21(27)9-8-10-22(25)28/h8-16H,1-7H3. The van der Waals surface area contributed by atoms with Crippen molar-refractivity contribution in [3.8, 4) is 11.6 Å². The van der Waals surface area contributed by atoms with Gasteiger partial charge in [0, 0.05) is 0 Å². The minimum absolute atomic E-state index is 0.0652. The molecule has 0 N–H and O–H groups in total. The van der Waals surface area contributed by atoms with Crippen LogP contribution in [-0.4, -0.2) is 18.0 Å². The van der Waals surface area contributed by atoms with E-state index in [1.54, 1.807) is 25.1 Å². The Balaban J connectivity index is 2.16. The zero-order valence-corrected chi connectivity index (χ0v) is 23.2. The van der Waals surface area contributed by atoms with E-state index in [4.69, 9.17) is 27.4 Å². The third-order valence-corrected chi connectivity index (χ3v) is 7.72. The Morgan fingerprint density at radius 3 is 1.83 bits per heavy atom. The molecule has 1 aromatic heterocycles. The number of aromatic nitrogens is 2. The predicted octanol–water partition coefficient (Wildman–Crippen LogP) is 6.99. The molecule has 0 atom stereocenters. The van der Waals surface area contributed by atoms with E-state index in [0.29, 0.717) is 11.1 Å². The number of hydrogen-bond acceptors (Lipinski definition) is 5. The molecule has 3 rings (SSSR count). The van der Waals surface area contributed by atoms with Gasteiger partial charge in [-0.2, -0.15) is 13.4 Å². The molecule has 188 valence electrons. The van der Waals surface area contributed by atoms with E-state index in [-0.39, 0.29) is 50.1 Å². The molecule has 0 aliphatic carbocycles. The Labute approximate surface area is 217 Å². The molecular formula is C26H30Cl2N2O4S. The van der Waals surface area contributed by atoms with Crippen LogP contribution in [0.25, 0.3) is 5.69 Å². The number of nitrogens with zero attached hydrogens (tertiary/aromatic N) is 2. The van der Waals surface area contributed by atoms with Crippen LogP contribution in [0.2, 0.25) is 10.0 Å². The van der Waals surface area contributed by atoms with Crippen LogP contribution in [0.1, 0.15) is 81.8 Å². The van der Waals surface area contributed by atoms with Gasteiger partial charge in [0.05, 0.1) is 21.8 Å². The van der Waals surface area contributed by atoms with Crippen molar-refractivity contribution in [3.63, 3.8) is 0 Å². The van der Waals surface area contributed by atoms with Gasteiger partial charge in [0.25, 0.3) is 5.56 Å².